The molecule has 14 heavy (non-hydrogen) atoms. The lowest BCUT2D eigenvalue weighted by Crippen LogP contribution is -2.17. The Kier molecular flexibility index (Phi) is 3.43. The van der Waals surface area contributed by atoms with Crippen LogP contribution in [0.3, 0.4) is 0 Å². The number of nitrogens with one attached hydrogen (secondary N) is 1. The predicted molar refractivity (Wildman–Crippen MR) is 50.7 cm³/mol. The first-order valence-corrected chi connectivity index (χ1v) is 3.95. The average molecular weight is 191 g/mol. The van der Waals surface area contributed by atoms with Crippen LogP contribution in [0.1, 0.15) is 10.4 Å². The maximum absolute atomic E-state index is 11.3. The van der Waals surface area contributed by atoms with Crippen molar-refractivity contribution in [2.75, 3.05) is 0 Å². The van der Waals surface area contributed by atoms with Crippen molar-refractivity contribution in [3.05, 3.63) is 48.2 Å². The number of benzene rings is 1. The second-order valence-electron chi connectivity index (χ2n) is 2.51. The summed E-state index contributed by atoms with van der Waals surface area (Å²) in [6, 6.07) is 8.55. The molecule has 72 valence electrons. The van der Waals surface area contributed by atoms with Gasteiger partial charge in [0.25, 0.3) is 5.91 Å². The van der Waals surface area contributed by atoms with Gasteiger partial charge >= 0.3 is 5.97 Å². The van der Waals surface area contributed by atoms with Gasteiger partial charge in [0.1, 0.15) is 0 Å². The van der Waals surface area contributed by atoms with Gasteiger partial charge < -0.3 is 10.4 Å². The third-order valence-corrected chi connectivity index (χ3v) is 1.48. The molecule has 0 aliphatic heterocycles. The number of rotatable bonds is 3. The Bertz CT molecular complexity index is 357. The van der Waals surface area contributed by atoms with Crippen LogP contribution in [0.4, 0.5) is 0 Å². The van der Waals surface area contributed by atoms with E-state index >= 15 is 0 Å². The van der Waals surface area contributed by atoms with Crippen LogP contribution in [0.15, 0.2) is 42.6 Å². The van der Waals surface area contributed by atoms with Gasteiger partial charge in [0.05, 0.1) is 0 Å². The highest BCUT2D eigenvalue weighted by atomic mass is 16.4. The number of amides is 1. The number of hydrogen-bond acceptors (Lipinski definition) is 2. The number of carbonyl (C=O) groups is 2. The Balaban J connectivity index is 2.56. The topological polar surface area (TPSA) is 66.4 Å². The van der Waals surface area contributed by atoms with Gasteiger partial charge in [0, 0.05) is 17.8 Å². The Morgan fingerprint density at radius 3 is 2.43 bits per heavy atom. The predicted octanol–water partition coefficient (Wildman–Crippen LogP) is 1.01. The first kappa shape index (κ1) is 9.98. The molecule has 1 amide bonds. The van der Waals surface area contributed by atoms with Crippen molar-refractivity contribution in [2.45, 2.75) is 0 Å². The van der Waals surface area contributed by atoms with E-state index in [0.29, 0.717) is 5.56 Å². The number of hydrogen-bond donors (Lipinski definition) is 2. The Hall–Kier alpha value is -2.10. The summed E-state index contributed by atoms with van der Waals surface area (Å²) in [6.45, 7) is 0. The minimum atomic E-state index is -1.10. The van der Waals surface area contributed by atoms with E-state index in [1.165, 1.54) is 0 Å². The summed E-state index contributed by atoms with van der Waals surface area (Å²) in [5, 5.41) is 10.6. The lowest BCUT2D eigenvalue weighted by Gasteiger charge is -1.97. The minimum Gasteiger partial charge on any atom is -0.478 e. The second kappa shape index (κ2) is 4.81. The molecule has 4 nitrogen and oxygen atoms in total. The molecular formula is C10H9NO3. The molecule has 0 radical (unpaired) electrons. The maximum atomic E-state index is 11.3. The van der Waals surface area contributed by atoms with Crippen LogP contribution in [0.25, 0.3) is 0 Å². The fraction of sp³-hybridized carbons (Fsp3) is 0. The zero-order chi connectivity index (χ0) is 10.4. The Morgan fingerprint density at radius 1 is 1.21 bits per heavy atom. The quantitative estimate of drug-likeness (QED) is 0.701. The summed E-state index contributed by atoms with van der Waals surface area (Å²) in [5.74, 6) is -1.43. The van der Waals surface area contributed by atoms with E-state index < -0.39 is 5.97 Å². The molecule has 2 N–H and O–H groups in total. The molecule has 0 fully saturated rings. The highest BCUT2D eigenvalue weighted by Crippen LogP contribution is 1.97. The summed E-state index contributed by atoms with van der Waals surface area (Å²) in [4.78, 5) is 21.4. The number of aliphatic carboxylic acids is 1. The fourth-order valence-electron chi connectivity index (χ4n) is 0.862. The molecule has 0 heterocycles. The standard InChI is InChI=1S/C10H9NO3/c12-9(13)6-7-11-10(14)8-4-2-1-3-5-8/h1-7H,(H,11,14)(H,12,13)/b7-6-. The summed E-state index contributed by atoms with van der Waals surface area (Å²) >= 11 is 0. The first-order valence-electron chi connectivity index (χ1n) is 3.95. The summed E-state index contributed by atoms with van der Waals surface area (Å²) < 4.78 is 0. The highest BCUT2D eigenvalue weighted by Gasteiger charge is 2.00. The van der Waals surface area contributed by atoms with Crippen molar-refractivity contribution in [1.29, 1.82) is 0 Å². The number of carbonyl (C=O) groups excluding carboxylic acids is 1. The lowest BCUT2D eigenvalue weighted by molar-refractivity contribution is -0.131. The molecule has 0 aromatic heterocycles. The molecule has 0 aliphatic rings. The second-order valence-corrected chi connectivity index (χ2v) is 2.51. The van der Waals surface area contributed by atoms with Crippen molar-refractivity contribution in [3.8, 4) is 0 Å². The van der Waals surface area contributed by atoms with Gasteiger partial charge in [-0.05, 0) is 12.1 Å². The van der Waals surface area contributed by atoms with Gasteiger partial charge in [-0.1, -0.05) is 18.2 Å². The SMILES string of the molecule is O=C(O)/C=C\NC(=O)c1ccccc1. The largest absolute Gasteiger partial charge is 0.478 e. The number of carboxylic acid groups (broad SMARTS) is 1. The zero-order valence-electron chi connectivity index (χ0n) is 7.31. The molecule has 4 heteroatoms. The van der Waals surface area contributed by atoms with Crippen molar-refractivity contribution < 1.29 is 14.7 Å². The van der Waals surface area contributed by atoms with Gasteiger partial charge in [-0.15, -0.1) is 0 Å². The lowest BCUT2D eigenvalue weighted by atomic mass is 10.2. The Morgan fingerprint density at radius 2 is 1.86 bits per heavy atom. The van der Waals surface area contributed by atoms with Crippen molar-refractivity contribution in [3.63, 3.8) is 0 Å². The smallest absolute Gasteiger partial charge is 0.329 e. The van der Waals surface area contributed by atoms with Gasteiger partial charge in [-0.3, -0.25) is 4.79 Å². The Labute approximate surface area is 80.9 Å². The van der Waals surface area contributed by atoms with Crippen LogP contribution in [0.2, 0.25) is 0 Å². The van der Waals surface area contributed by atoms with Gasteiger partial charge in [0.2, 0.25) is 0 Å². The van der Waals surface area contributed by atoms with E-state index in [0.717, 1.165) is 12.3 Å². The molecule has 0 unspecified atom stereocenters. The van der Waals surface area contributed by atoms with Crippen LogP contribution in [0.5, 0.6) is 0 Å². The molecule has 0 saturated heterocycles. The van der Waals surface area contributed by atoms with Gasteiger partial charge in [0.15, 0.2) is 0 Å². The third-order valence-electron chi connectivity index (χ3n) is 1.48. The fourth-order valence-corrected chi connectivity index (χ4v) is 0.862. The molecule has 0 aliphatic carbocycles. The minimum absolute atomic E-state index is 0.330. The van der Waals surface area contributed by atoms with Crippen LogP contribution in [-0.2, 0) is 4.79 Å². The van der Waals surface area contributed by atoms with Crippen LogP contribution in [-0.4, -0.2) is 17.0 Å². The molecule has 0 saturated carbocycles. The summed E-state index contributed by atoms with van der Waals surface area (Å²) in [7, 11) is 0. The van der Waals surface area contributed by atoms with Crippen LogP contribution >= 0.6 is 0 Å². The normalized spacial score (nSPS) is 10.0. The first-order chi connectivity index (χ1) is 6.70. The average Bonchev–Trinajstić information content (AvgIpc) is 2.18. The van der Waals surface area contributed by atoms with E-state index in [2.05, 4.69) is 5.32 Å². The zero-order valence-corrected chi connectivity index (χ0v) is 7.31. The van der Waals surface area contributed by atoms with Crippen molar-refractivity contribution in [1.82, 2.24) is 5.32 Å². The maximum Gasteiger partial charge on any atom is 0.329 e. The van der Waals surface area contributed by atoms with Gasteiger partial charge in [-0.25, -0.2) is 4.79 Å². The van der Waals surface area contributed by atoms with E-state index in [1.807, 2.05) is 0 Å². The molecule has 1 aromatic carbocycles. The van der Waals surface area contributed by atoms with Crippen molar-refractivity contribution in [2.24, 2.45) is 0 Å². The van der Waals surface area contributed by atoms with E-state index in [4.69, 9.17) is 5.11 Å². The molecular weight excluding hydrogens is 182 g/mol. The van der Waals surface area contributed by atoms with E-state index in [1.54, 1.807) is 30.3 Å². The molecule has 0 atom stereocenters. The van der Waals surface area contributed by atoms with Gasteiger partial charge in [-0.2, -0.15) is 0 Å². The molecule has 1 rings (SSSR count). The van der Waals surface area contributed by atoms with E-state index in [-0.39, 0.29) is 5.91 Å². The van der Waals surface area contributed by atoms with Crippen LogP contribution < -0.4 is 5.32 Å². The summed E-state index contributed by atoms with van der Waals surface area (Å²) in [5.41, 5.74) is 0.488. The highest BCUT2D eigenvalue weighted by molar-refractivity contribution is 5.95. The monoisotopic (exact) mass is 191 g/mol. The van der Waals surface area contributed by atoms with Crippen LogP contribution in [0, 0.1) is 0 Å². The third kappa shape index (κ3) is 3.10. The van der Waals surface area contributed by atoms with E-state index in [9.17, 15) is 9.59 Å². The molecule has 0 spiro atoms. The number of carboxylic acids is 1. The van der Waals surface area contributed by atoms with Crippen molar-refractivity contribution >= 4 is 11.9 Å². The molecule has 1 aromatic rings. The summed E-state index contributed by atoms with van der Waals surface area (Å²) in [6.07, 6.45) is 1.96. The molecule has 0 bridgehead atoms.